The van der Waals surface area contributed by atoms with Crippen LogP contribution < -0.4 is 0 Å². The molecule has 2 aromatic rings. The fourth-order valence-electron chi connectivity index (χ4n) is 1.85. The Kier molecular flexibility index (Phi) is 3.20. The van der Waals surface area contributed by atoms with Gasteiger partial charge in [-0.25, -0.2) is 0 Å². The van der Waals surface area contributed by atoms with Crippen molar-refractivity contribution in [3.63, 3.8) is 0 Å². The molecule has 0 amide bonds. The smallest absolute Gasteiger partial charge is 0.0188 e. The van der Waals surface area contributed by atoms with Gasteiger partial charge in [-0.15, -0.1) is 0 Å². The van der Waals surface area contributed by atoms with Gasteiger partial charge in [0.1, 0.15) is 0 Å². The maximum Gasteiger partial charge on any atom is 0.0188 e. The lowest BCUT2D eigenvalue weighted by molar-refractivity contribution is 0.670. The number of thiol groups is 1. The van der Waals surface area contributed by atoms with Crippen molar-refractivity contribution in [1.82, 2.24) is 0 Å². The molecule has 0 aromatic heterocycles. The summed E-state index contributed by atoms with van der Waals surface area (Å²) in [6.45, 7) is 1.99. The monoisotopic (exact) mass is 232 g/mol. The number of hydrogen-bond acceptors (Lipinski definition) is 1. The molecule has 0 N–H and O–H groups in total. The molecule has 84 valence electrons. The number of benzene rings is 2. The molecule has 2 rings (SSSR count). The van der Waals surface area contributed by atoms with Gasteiger partial charge in [0.25, 0.3) is 0 Å². The van der Waals surface area contributed by atoms with Crippen LogP contribution in [0, 0.1) is 0 Å². The predicted molar refractivity (Wildman–Crippen MR) is 69.5 cm³/mol. The van der Waals surface area contributed by atoms with Crippen molar-refractivity contribution in [2.24, 2.45) is 0 Å². The van der Waals surface area contributed by atoms with Crippen LogP contribution in [0.4, 0.5) is 0 Å². The molecule has 0 aliphatic rings. The molecular weight excluding hydrogens is 216 g/mol. The van der Waals surface area contributed by atoms with E-state index in [1.807, 2.05) is 67.6 Å². The highest BCUT2D eigenvalue weighted by atomic mass is 32.2. The van der Waals surface area contributed by atoms with Crippen LogP contribution in [0.1, 0.15) is 6.92 Å². The summed E-state index contributed by atoms with van der Waals surface area (Å²) in [5, 5.41) is 0. The summed E-state index contributed by atoms with van der Waals surface area (Å²) in [4.78, 5) is 1.90. The van der Waals surface area contributed by atoms with Gasteiger partial charge < -0.3 is 0 Å². The molecule has 0 saturated carbocycles. The van der Waals surface area contributed by atoms with Crippen LogP contribution >= 0.6 is 0 Å². The minimum absolute atomic E-state index is 0.668. The molecular formula is C14H16OS. The average molecular weight is 232 g/mol. The molecule has 16 heavy (non-hydrogen) atoms. The van der Waals surface area contributed by atoms with E-state index in [0.717, 1.165) is 9.79 Å². The van der Waals surface area contributed by atoms with E-state index < -0.39 is 9.93 Å². The van der Waals surface area contributed by atoms with Gasteiger partial charge in [-0.3, -0.25) is 4.21 Å². The third kappa shape index (κ3) is 1.93. The van der Waals surface area contributed by atoms with E-state index in [1.165, 1.54) is 0 Å². The maximum absolute atomic E-state index is 13.0. The Labute approximate surface area is 97.6 Å². The van der Waals surface area contributed by atoms with Gasteiger partial charge in [-0.2, -0.15) is 0 Å². The molecule has 0 heterocycles. The SMILES string of the molecule is CC[SH](=O)(c1ccccc1)c1ccccc1. The highest BCUT2D eigenvalue weighted by Crippen LogP contribution is 2.27. The zero-order valence-corrected chi connectivity index (χ0v) is 10.2. The molecule has 0 fully saturated rings. The first-order chi connectivity index (χ1) is 7.77. The first-order valence-electron chi connectivity index (χ1n) is 5.47. The topological polar surface area (TPSA) is 17.1 Å². The van der Waals surface area contributed by atoms with Crippen molar-refractivity contribution >= 4 is 9.93 Å². The average Bonchev–Trinajstić information content (AvgIpc) is 2.40. The molecule has 0 unspecified atom stereocenters. The number of hydrogen-bond donors (Lipinski definition) is 1. The predicted octanol–water partition coefficient (Wildman–Crippen LogP) is 3.14. The lowest BCUT2D eigenvalue weighted by Gasteiger charge is -2.22. The first-order valence-corrected chi connectivity index (χ1v) is 7.37. The van der Waals surface area contributed by atoms with E-state index in [9.17, 15) is 4.21 Å². The minimum Gasteiger partial charge on any atom is -0.276 e. The van der Waals surface area contributed by atoms with E-state index >= 15 is 0 Å². The molecule has 0 spiro atoms. The minimum atomic E-state index is -2.40. The van der Waals surface area contributed by atoms with Gasteiger partial charge in [0.05, 0.1) is 0 Å². The summed E-state index contributed by atoms with van der Waals surface area (Å²) in [5.74, 6) is 0.668. The largest absolute Gasteiger partial charge is 0.276 e. The van der Waals surface area contributed by atoms with E-state index in [1.54, 1.807) is 0 Å². The summed E-state index contributed by atoms with van der Waals surface area (Å²) in [6.07, 6.45) is 0. The molecule has 1 nitrogen and oxygen atoms in total. The summed E-state index contributed by atoms with van der Waals surface area (Å²) >= 11 is 0. The highest BCUT2D eigenvalue weighted by Gasteiger charge is 2.17. The van der Waals surface area contributed by atoms with Crippen LogP contribution in [-0.4, -0.2) is 9.96 Å². The second-order valence-electron chi connectivity index (χ2n) is 3.73. The van der Waals surface area contributed by atoms with Gasteiger partial charge in [-0.05, 0) is 24.3 Å². The van der Waals surface area contributed by atoms with Crippen molar-refractivity contribution < 1.29 is 4.21 Å². The molecule has 0 aliphatic heterocycles. The second kappa shape index (κ2) is 4.62. The zero-order chi connectivity index (χ0) is 11.4. The molecule has 2 aromatic carbocycles. The van der Waals surface area contributed by atoms with Gasteiger partial charge in [0.15, 0.2) is 0 Å². The van der Waals surface area contributed by atoms with Gasteiger partial charge in [-0.1, -0.05) is 53.3 Å². The molecule has 0 saturated heterocycles. The summed E-state index contributed by atoms with van der Waals surface area (Å²) < 4.78 is 13.0. The molecule has 0 bridgehead atoms. The molecule has 0 aliphatic carbocycles. The second-order valence-corrected chi connectivity index (χ2v) is 6.87. The van der Waals surface area contributed by atoms with Crippen molar-refractivity contribution in [3.8, 4) is 0 Å². The van der Waals surface area contributed by atoms with Crippen LogP contribution in [0.2, 0.25) is 0 Å². The van der Waals surface area contributed by atoms with Crippen LogP contribution in [0.15, 0.2) is 70.5 Å². The summed E-state index contributed by atoms with van der Waals surface area (Å²) in [7, 11) is -2.40. The Morgan fingerprint density at radius 2 is 1.19 bits per heavy atom. The van der Waals surface area contributed by atoms with E-state index in [-0.39, 0.29) is 0 Å². The fourth-order valence-corrected chi connectivity index (χ4v) is 4.19. The normalized spacial score (nSPS) is 12.3. The summed E-state index contributed by atoms with van der Waals surface area (Å²) in [5.41, 5.74) is 0. The van der Waals surface area contributed by atoms with E-state index in [4.69, 9.17) is 0 Å². The van der Waals surface area contributed by atoms with Gasteiger partial charge in [0, 0.05) is 15.5 Å². The van der Waals surface area contributed by atoms with Crippen molar-refractivity contribution in [2.45, 2.75) is 16.7 Å². The Bertz CT molecular complexity index is 447. The van der Waals surface area contributed by atoms with E-state index in [0.29, 0.717) is 5.75 Å². The molecule has 0 radical (unpaired) electrons. The Morgan fingerprint density at radius 3 is 1.50 bits per heavy atom. The van der Waals surface area contributed by atoms with Crippen LogP contribution in [0.5, 0.6) is 0 Å². The fraction of sp³-hybridized carbons (Fsp3) is 0.143. The van der Waals surface area contributed by atoms with Crippen LogP contribution in [0.3, 0.4) is 0 Å². The summed E-state index contributed by atoms with van der Waals surface area (Å²) in [6, 6.07) is 19.5. The third-order valence-electron chi connectivity index (χ3n) is 2.79. The maximum atomic E-state index is 13.0. The standard InChI is InChI=1S/C14H16OS/c1-2-16(15,13-9-5-3-6-10-13)14-11-7-4-8-12-14/h3-12,16H,2H2,1H3. The van der Waals surface area contributed by atoms with Gasteiger partial charge >= 0.3 is 0 Å². The Morgan fingerprint density at radius 1 is 0.812 bits per heavy atom. The molecule has 0 atom stereocenters. The van der Waals surface area contributed by atoms with Crippen molar-refractivity contribution in [1.29, 1.82) is 0 Å². The lowest BCUT2D eigenvalue weighted by atomic mass is 10.4. The van der Waals surface area contributed by atoms with E-state index in [2.05, 4.69) is 0 Å². The number of rotatable bonds is 3. The lowest BCUT2D eigenvalue weighted by Crippen LogP contribution is -2.15. The van der Waals surface area contributed by atoms with Crippen molar-refractivity contribution in [3.05, 3.63) is 60.7 Å². The van der Waals surface area contributed by atoms with Crippen LogP contribution in [0.25, 0.3) is 0 Å². The van der Waals surface area contributed by atoms with Gasteiger partial charge in [0.2, 0.25) is 0 Å². The first kappa shape index (κ1) is 11.1. The zero-order valence-electron chi connectivity index (χ0n) is 9.34. The Hall–Kier alpha value is -1.41. The highest BCUT2D eigenvalue weighted by molar-refractivity contribution is 8.03. The molecule has 2 heteroatoms. The van der Waals surface area contributed by atoms with Crippen LogP contribution in [-0.2, 0) is 9.93 Å². The Balaban J connectivity index is 2.54. The third-order valence-corrected chi connectivity index (χ3v) is 5.95. The van der Waals surface area contributed by atoms with Crippen molar-refractivity contribution in [2.75, 3.05) is 5.75 Å². The quantitative estimate of drug-likeness (QED) is 0.805.